The van der Waals surface area contributed by atoms with E-state index < -0.39 is 11.4 Å². The van der Waals surface area contributed by atoms with Gasteiger partial charge in [-0.2, -0.15) is 0 Å². The summed E-state index contributed by atoms with van der Waals surface area (Å²) in [6.07, 6.45) is 0.694. The van der Waals surface area contributed by atoms with Crippen LogP contribution in [0.4, 0.5) is 0 Å². The zero-order valence-electron chi connectivity index (χ0n) is 27.2. The third-order valence-electron chi connectivity index (χ3n) is 8.28. The van der Waals surface area contributed by atoms with Gasteiger partial charge in [-0.15, -0.1) is 11.8 Å². The van der Waals surface area contributed by atoms with E-state index in [0.717, 1.165) is 5.56 Å². The second-order valence-corrected chi connectivity index (χ2v) is 12.0. The van der Waals surface area contributed by atoms with Gasteiger partial charge in [-0.25, -0.2) is 0 Å². The number of nitrogens with zero attached hydrogens (tertiary/aromatic N) is 1. The molecule has 47 heavy (non-hydrogen) atoms. The van der Waals surface area contributed by atoms with Gasteiger partial charge in [0.1, 0.15) is 11.4 Å². The Kier molecular flexibility index (Phi) is 11.2. The highest BCUT2D eigenvalue weighted by Crippen LogP contribution is 2.46. The Bertz CT molecular complexity index is 1600. The Morgan fingerprint density at radius 3 is 1.85 bits per heavy atom. The lowest BCUT2D eigenvalue weighted by Gasteiger charge is -2.30. The highest BCUT2D eigenvalue weighted by Gasteiger charge is 2.43. The first-order valence-corrected chi connectivity index (χ1v) is 16.3. The molecule has 1 N–H and O–H groups in total. The second-order valence-electron chi connectivity index (χ2n) is 10.9. The fourth-order valence-electron chi connectivity index (χ4n) is 5.93. The van der Waals surface area contributed by atoms with E-state index in [0.29, 0.717) is 53.0 Å². The van der Waals surface area contributed by atoms with Crippen molar-refractivity contribution >= 4 is 23.6 Å². The van der Waals surface area contributed by atoms with Crippen molar-refractivity contribution in [1.82, 2.24) is 10.2 Å². The van der Waals surface area contributed by atoms with E-state index in [4.69, 9.17) is 23.7 Å². The Balaban J connectivity index is 1.44. The van der Waals surface area contributed by atoms with Crippen molar-refractivity contribution in [2.24, 2.45) is 0 Å². The molecule has 4 aromatic rings. The Hall–Kier alpha value is -4.83. The quantitative estimate of drug-likeness (QED) is 0.179. The molecule has 0 bridgehead atoms. The minimum atomic E-state index is -0.739. The SMILES string of the molecule is COc1ccc(C2SCC(C(=O)NCCC(c3ccccc3)c3ccccc3)N2C(=O)c2cc(OC)c(OC)c(OC)c2)cc1OC. The molecular formula is C37H40N2O7S. The number of carbonyl (C=O) groups is 2. The summed E-state index contributed by atoms with van der Waals surface area (Å²) in [5.74, 6) is 2.11. The average molecular weight is 657 g/mol. The van der Waals surface area contributed by atoms with Crippen molar-refractivity contribution in [1.29, 1.82) is 0 Å². The number of ether oxygens (including phenoxy) is 5. The molecule has 0 radical (unpaired) electrons. The van der Waals surface area contributed by atoms with Gasteiger partial charge in [-0.05, 0) is 47.4 Å². The summed E-state index contributed by atoms with van der Waals surface area (Å²) >= 11 is 1.52. The highest BCUT2D eigenvalue weighted by molar-refractivity contribution is 7.99. The monoisotopic (exact) mass is 656 g/mol. The van der Waals surface area contributed by atoms with Crippen LogP contribution in [0.15, 0.2) is 91.0 Å². The summed E-state index contributed by atoms with van der Waals surface area (Å²) in [5.41, 5.74) is 3.46. The number of carbonyl (C=O) groups excluding carboxylic acids is 2. The fraction of sp³-hybridized carbons (Fsp3) is 0.297. The van der Waals surface area contributed by atoms with Crippen LogP contribution < -0.4 is 29.0 Å². The van der Waals surface area contributed by atoms with Gasteiger partial charge in [0.05, 0.1) is 35.5 Å². The van der Waals surface area contributed by atoms with Crippen molar-refractivity contribution in [3.05, 3.63) is 113 Å². The lowest BCUT2D eigenvalue weighted by atomic mass is 9.88. The van der Waals surface area contributed by atoms with Gasteiger partial charge in [0.15, 0.2) is 23.0 Å². The van der Waals surface area contributed by atoms with E-state index in [1.807, 2.05) is 48.5 Å². The van der Waals surface area contributed by atoms with Crippen LogP contribution in [0.25, 0.3) is 0 Å². The summed E-state index contributed by atoms with van der Waals surface area (Å²) in [6, 6.07) is 28.6. The van der Waals surface area contributed by atoms with Crippen LogP contribution in [0.5, 0.6) is 28.7 Å². The maximum absolute atomic E-state index is 14.4. The smallest absolute Gasteiger partial charge is 0.256 e. The summed E-state index contributed by atoms with van der Waals surface area (Å²) in [7, 11) is 7.64. The number of amides is 2. The summed E-state index contributed by atoms with van der Waals surface area (Å²) in [4.78, 5) is 30.0. The molecule has 0 aliphatic carbocycles. The van der Waals surface area contributed by atoms with E-state index in [9.17, 15) is 9.59 Å². The molecular weight excluding hydrogens is 616 g/mol. The van der Waals surface area contributed by atoms with Gasteiger partial charge >= 0.3 is 0 Å². The molecule has 9 nitrogen and oxygen atoms in total. The van der Waals surface area contributed by atoms with Crippen LogP contribution in [-0.4, -0.2) is 70.6 Å². The number of benzene rings is 4. The van der Waals surface area contributed by atoms with Gasteiger partial charge < -0.3 is 33.9 Å². The lowest BCUT2D eigenvalue weighted by Crippen LogP contribution is -2.48. The summed E-state index contributed by atoms with van der Waals surface area (Å²) in [5, 5.41) is 2.67. The molecule has 0 aromatic heterocycles. The number of nitrogens with one attached hydrogen (secondary N) is 1. The number of methoxy groups -OCH3 is 5. The molecule has 1 aliphatic heterocycles. The Morgan fingerprint density at radius 1 is 0.745 bits per heavy atom. The first-order chi connectivity index (χ1) is 22.9. The molecule has 10 heteroatoms. The van der Waals surface area contributed by atoms with Crippen molar-refractivity contribution in [3.8, 4) is 28.7 Å². The third-order valence-corrected chi connectivity index (χ3v) is 9.60. The van der Waals surface area contributed by atoms with Crippen LogP contribution in [0, 0.1) is 0 Å². The van der Waals surface area contributed by atoms with Crippen LogP contribution in [0.2, 0.25) is 0 Å². The fourth-order valence-corrected chi connectivity index (χ4v) is 7.35. The minimum Gasteiger partial charge on any atom is -0.493 e. The molecule has 0 spiro atoms. The van der Waals surface area contributed by atoms with Crippen molar-refractivity contribution in [3.63, 3.8) is 0 Å². The summed E-state index contributed by atoms with van der Waals surface area (Å²) in [6.45, 7) is 0.432. The summed E-state index contributed by atoms with van der Waals surface area (Å²) < 4.78 is 27.5. The predicted octanol–water partition coefficient (Wildman–Crippen LogP) is 6.32. The maximum atomic E-state index is 14.4. The van der Waals surface area contributed by atoms with Crippen LogP contribution in [0.3, 0.4) is 0 Å². The number of rotatable bonds is 13. The van der Waals surface area contributed by atoms with E-state index in [1.165, 1.54) is 44.2 Å². The van der Waals surface area contributed by atoms with Gasteiger partial charge in [0.2, 0.25) is 11.7 Å². The van der Waals surface area contributed by atoms with Gasteiger partial charge in [-0.3, -0.25) is 9.59 Å². The predicted molar refractivity (Wildman–Crippen MR) is 183 cm³/mol. The Labute approximate surface area is 280 Å². The molecule has 2 unspecified atom stereocenters. The molecule has 2 amide bonds. The number of hydrogen-bond donors (Lipinski definition) is 1. The molecule has 0 saturated carbocycles. The minimum absolute atomic E-state index is 0.104. The van der Waals surface area contributed by atoms with Crippen LogP contribution in [0.1, 0.15) is 44.8 Å². The van der Waals surface area contributed by atoms with E-state index in [-0.39, 0.29) is 17.7 Å². The molecule has 1 fully saturated rings. The zero-order valence-corrected chi connectivity index (χ0v) is 28.0. The molecule has 1 aliphatic rings. The second kappa shape index (κ2) is 15.6. The van der Waals surface area contributed by atoms with Gasteiger partial charge in [-0.1, -0.05) is 66.7 Å². The molecule has 246 valence electrons. The van der Waals surface area contributed by atoms with E-state index in [1.54, 1.807) is 37.3 Å². The van der Waals surface area contributed by atoms with Crippen LogP contribution in [-0.2, 0) is 4.79 Å². The lowest BCUT2D eigenvalue weighted by molar-refractivity contribution is -0.124. The molecule has 1 heterocycles. The number of thioether (sulfide) groups is 1. The van der Waals surface area contributed by atoms with Crippen LogP contribution >= 0.6 is 11.8 Å². The Morgan fingerprint density at radius 2 is 1.32 bits per heavy atom. The normalized spacial score (nSPS) is 15.7. The van der Waals surface area contributed by atoms with E-state index >= 15 is 0 Å². The molecule has 5 rings (SSSR count). The topological polar surface area (TPSA) is 95.6 Å². The maximum Gasteiger partial charge on any atom is 0.256 e. The molecule has 4 aromatic carbocycles. The van der Waals surface area contributed by atoms with Crippen molar-refractivity contribution in [2.45, 2.75) is 23.8 Å². The van der Waals surface area contributed by atoms with E-state index in [2.05, 4.69) is 29.6 Å². The standard InChI is InChI=1S/C37H40N2O7S/c1-42-30-17-16-26(20-31(30)43-2)37-39(36(41)27-21-32(44-3)34(46-5)33(22-27)45-4)29(23-47-37)35(40)38-19-18-28(24-12-8-6-9-13-24)25-14-10-7-11-15-25/h6-17,20-22,28-29,37H,18-19,23H2,1-5H3,(H,38,40). The largest absolute Gasteiger partial charge is 0.493 e. The van der Waals surface area contributed by atoms with Gasteiger partial charge in [0, 0.05) is 23.8 Å². The average Bonchev–Trinajstić information content (AvgIpc) is 3.58. The third kappa shape index (κ3) is 7.28. The first-order valence-electron chi connectivity index (χ1n) is 15.3. The highest BCUT2D eigenvalue weighted by atomic mass is 32.2. The molecule has 1 saturated heterocycles. The zero-order chi connectivity index (χ0) is 33.3. The van der Waals surface area contributed by atoms with Gasteiger partial charge in [0.25, 0.3) is 5.91 Å². The molecule has 2 atom stereocenters. The first kappa shape index (κ1) is 33.5. The van der Waals surface area contributed by atoms with Crippen molar-refractivity contribution < 1.29 is 33.3 Å². The van der Waals surface area contributed by atoms with Crippen molar-refractivity contribution in [2.75, 3.05) is 47.8 Å². The number of hydrogen-bond acceptors (Lipinski definition) is 8.